The quantitative estimate of drug-likeness (QED) is 0.860. The summed E-state index contributed by atoms with van der Waals surface area (Å²) in [5.41, 5.74) is 2.30. The highest BCUT2D eigenvalue weighted by Gasteiger charge is 2.29. The zero-order valence-electron chi connectivity index (χ0n) is 14.8. The third-order valence-corrected chi connectivity index (χ3v) is 6.37. The SMILES string of the molecule is CS(=O)(=O)N1CCC[C@@H](C(=O)NCc2ccc(N3CCCC3)cc2)C1. The number of anilines is 1. The average molecular weight is 365 g/mol. The van der Waals surface area contributed by atoms with Crippen molar-refractivity contribution < 1.29 is 13.2 Å². The molecule has 2 aliphatic heterocycles. The lowest BCUT2D eigenvalue weighted by Gasteiger charge is -2.30. The van der Waals surface area contributed by atoms with Crippen molar-refractivity contribution in [3.8, 4) is 0 Å². The van der Waals surface area contributed by atoms with E-state index in [0.717, 1.165) is 31.5 Å². The van der Waals surface area contributed by atoms with Crippen LogP contribution in [0.5, 0.6) is 0 Å². The smallest absolute Gasteiger partial charge is 0.224 e. The van der Waals surface area contributed by atoms with E-state index in [2.05, 4.69) is 34.5 Å². The van der Waals surface area contributed by atoms with E-state index in [-0.39, 0.29) is 11.8 Å². The molecular formula is C18H27N3O3S. The van der Waals surface area contributed by atoms with Gasteiger partial charge in [0, 0.05) is 38.4 Å². The molecule has 1 amide bonds. The number of nitrogens with one attached hydrogen (secondary N) is 1. The molecular weight excluding hydrogens is 338 g/mol. The molecule has 0 aliphatic carbocycles. The minimum absolute atomic E-state index is 0.0584. The average Bonchev–Trinajstić information content (AvgIpc) is 3.14. The molecule has 0 saturated carbocycles. The molecule has 1 N–H and O–H groups in total. The van der Waals surface area contributed by atoms with Crippen LogP contribution in [0.2, 0.25) is 0 Å². The largest absolute Gasteiger partial charge is 0.372 e. The Morgan fingerprint density at radius 2 is 1.80 bits per heavy atom. The second kappa shape index (κ2) is 7.74. The van der Waals surface area contributed by atoms with Crippen LogP contribution in [0, 0.1) is 5.92 Å². The Morgan fingerprint density at radius 3 is 2.44 bits per heavy atom. The summed E-state index contributed by atoms with van der Waals surface area (Å²) in [6, 6.07) is 8.33. The normalized spacial score (nSPS) is 22.1. The minimum atomic E-state index is -3.22. The Labute approximate surface area is 150 Å². The highest BCUT2D eigenvalue weighted by atomic mass is 32.2. The number of hydrogen-bond donors (Lipinski definition) is 1. The first-order valence-electron chi connectivity index (χ1n) is 9.00. The van der Waals surface area contributed by atoms with Crippen molar-refractivity contribution in [1.82, 2.24) is 9.62 Å². The van der Waals surface area contributed by atoms with Crippen LogP contribution in [-0.4, -0.2) is 51.1 Å². The van der Waals surface area contributed by atoms with Gasteiger partial charge in [0.1, 0.15) is 0 Å². The molecule has 1 aromatic carbocycles. The summed E-state index contributed by atoms with van der Waals surface area (Å²) < 4.78 is 24.7. The number of amides is 1. The van der Waals surface area contributed by atoms with Crippen LogP contribution in [0.4, 0.5) is 5.69 Å². The number of rotatable bonds is 5. The van der Waals surface area contributed by atoms with Gasteiger partial charge in [-0.05, 0) is 43.4 Å². The second-order valence-electron chi connectivity index (χ2n) is 7.04. The van der Waals surface area contributed by atoms with Gasteiger partial charge in [-0.3, -0.25) is 4.79 Å². The second-order valence-corrected chi connectivity index (χ2v) is 9.02. The molecule has 0 bridgehead atoms. The van der Waals surface area contributed by atoms with Crippen LogP contribution in [0.15, 0.2) is 24.3 Å². The number of sulfonamides is 1. The predicted molar refractivity (Wildman–Crippen MR) is 98.9 cm³/mol. The van der Waals surface area contributed by atoms with Crippen molar-refractivity contribution in [2.45, 2.75) is 32.2 Å². The fourth-order valence-corrected chi connectivity index (χ4v) is 4.50. The van der Waals surface area contributed by atoms with Gasteiger partial charge < -0.3 is 10.2 Å². The zero-order valence-corrected chi connectivity index (χ0v) is 15.6. The topological polar surface area (TPSA) is 69.7 Å². The van der Waals surface area contributed by atoms with E-state index >= 15 is 0 Å². The number of benzene rings is 1. The number of carbonyl (C=O) groups is 1. The summed E-state index contributed by atoms with van der Waals surface area (Å²) in [6.07, 6.45) is 5.18. The van der Waals surface area contributed by atoms with Crippen molar-refractivity contribution in [3.05, 3.63) is 29.8 Å². The van der Waals surface area contributed by atoms with Gasteiger partial charge in [-0.15, -0.1) is 0 Å². The molecule has 6 nitrogen and oxygen atoms in total. The third kappa shape index (κ3) is 4.73. The van der Waals surface area contributed by atoms with Gasteiger partial charge in [-0.1, -0.05) is 12.1 Å². The molecule has 25 heavy (non-hydrogen) atoms. The molecule has 0 unspecified atom stereocenters. The van der Waals surface area contributed by atoms with Crippen molar-refractivity contribution in [2.24, 2.45) is 5.92 Å². The molecule has 2 heterocycles. The lowest BCUT2D eigenvalue weighted by Crippen LogP contribution is -2.44. The summed E-state index contributed by atoms with van der Waals surface area (Å²) in [4.78, 5) is 14.8. The van der Waals surface area contributed by atoms with Gasteiger partial charge in [-0.2, -0.15) is 0 Å². The summed E-state index contributed by atoms with van der Waals surface area (Å²) in [5, 5.41) is 2.96. The molecule has 2 aliphatic rings. The fraction of sp³-hybridized carbons (Fsp3) is 0.611. The summed E-state index contributed by atoms with van der Waals surface area (Å²) in [6.45, 7) is 3.52. The molecule has 0 radical (unpaired) electrons. The van der Waals surface area contributed by atoms with Crippen molar-refractivity contribution >= 4 is 21.6 Å². The van der Waals surface area contributed by atoms with Gasteiger partial charge >= 0.3 is 0 Å². The summed E-state index contributed by atoms with van der Waals surface area (Å²) in [7, 11) is -3.22. The first-order chi connectivity index (χ1) is 11.9. The number of nitrogens with zero attached hydrogens (tertiary/aromatic N) is 2. The third-order valence-electron chi connectivity index (χ3n) is 5.10. The van der Waals surface area contributed by atoms with Crippen LogP contribution >= 0.6 is 0 Å². The summed E-state index contributed by atoms with van der Waals surface area (Å²) >= 11 is 0. The van der Waals surface area contributed by atoms with Crippen LogP contribution in [0.25, 0.3) is 0 Å². The molecule has 0 spiro atoms. The molecule has 2 fully saturated rings. The maximum atomic E-state index is 12.4. The number of piperidine rings is 1. The van der Waals surface area contributed by atoms with Crippen LogP contribution in [-0.2, 0) is 21.4 Å². The highest BCUT2D eigenvalue weighted by molar-refractivity contribution is 7.88. The Kier molecular flexibility index (Phi) is 5.64. The Hall–Kier alpha value is -1.60. The Morgan fingerprint density at radius 1 is 1.12 bits per heavy atom. The predicted octanol–water partition coefficient (Wildman–Crippen LogP) is 1.57. The molecule has 1 aromatic rings. The van der Waals surface area contributed by atoms with Gasteiger partial charge in [0.15, 0.2) is 0 Å². The Balaban J connectivity index is 1.51. The maximum absolute atomic E-state index is 12.4. The van der Waals surface area contributed by atoms with E-state index in [4.69, 9.17) is 0 Å². The molecule has 0 aromatic heterocycles. The van der Waals surface area contributed by atoms with Gasteiger partial charge in [-0.25, -0.2) is 12.7 Å². The van der Waals surface area contributed by atoms with Crippen molar-refractivity contribution in [1.29, 1.82) is 0 Å². The van der Waals surface area contributed by atoms with Crippen LogP contribution in [0.1, 0.15) is 31.2 Å². The van der Waals surface area contributed by atoms with E-state index in [9.17, 15) is 13.2 Å². The van der Waals surface area contributed by atoms with E-state index in [1.165, 1.54) is 29.1 Å². The first kappa shape index (κ1) is 18.2. The lowest BCUT2D eigenvalue weighted by molar-refractivity contribution is -0.126. The molecule has 138 valence electrons. The lowest BCUT2D eigenvalue weighted by atomic mass is 9.99. The fourth-order valence-electron chi connectivity index (χ4n) is 3.59. The van der Waals surface area contributed by atoms with E-state index in [1.807, 2.05) is 0 Å². The van der Waals surface area contributed by atoms with Crippen LogP contribution in [0.3, 0.4) is 0 Å². The Bertz CT molecular complexity index is 697. The first-order valence-corrected chi connectivity index (χ1v) is 10.8. The number of carbonyl (C=O) groups excluding carboxylic acids is 1. The maximum Gasteiger partial charge on any atom is 0.224 e. The van der Waals surface area contributed by atoms with Crippen molar-refractivity contribution in [3.63, 3.8) is 0 Å². The highest BCUT2D eigenvalue weighted by Crippen LogP contribution is 2.21. The molecule has 2 saturated heterocycles. The van der Waals surface area contributed by atoms with Gasteiger partial charge in [0.25, 0.3) is 0 Å². The zero-order chi connectivity index (χ0) is 17.9. The van der Waals surface area contributed by atoms with E-state index in [0.29, 0.717) is 19.6 Å². The molecule has 7 heteroatoms. The van der Waals surface area contributed by atoms with E-state index < -0.39 is 10.0 Å². The summed E-state index contributed by atoms with van der Waals surface area (Å²) in [5.74, 6) is -0.315. The standard InChI is InChI=1S/C18H27N3O3S/c1-25(23,24)21-12-4-5-16(14-21)18(22)19-13-15-6-8-17(9-7-15)20-10-2-3-11-20/h6-9,16H,2-5,10-14H2,1H3,(H,19,22)/t16-/m1/s1. The van der Waals surface area contributed by atoms with Crippen molar-refractivity contribution in [2.75, 3.05) is 37.3 Å². The van der Waals surface area contributed by atoms with Gasteiger partial charge in [0.05, 0.1) is 12.2 Å². The van der Waals surface area contributed by atoms with Gasteiger partial charge in [0.2, 0.25) is 15.9 Å². The van der Waals surface area contributed by atoms with E-state index in [1.54, 1.807) is 0 Å². The minimum Gasteiger partial charge on any atom is -0.372 e. The monoisotopic (exact) mass is 365 g/mol. The number of hydrogen-bond acceptors (Lipinski definition) is 4. The van der Waals surface area contributed by atoms with Crippen LogP contribution < -0.4 is 10.2 Å². The molecule has 1 atom stereocenters. The molecule has 3 rings (SSSR count).